The molecule has 2 aliphatic heterocycles. The molecule has 2 saturated heterocycles. The molecule has 104 valence electrons. The van der Waals surface area contributed by atoms with Crippen molar-refractivity contribution in [3.8, 4) is 0 Å². The van der Waals surface area contributed by atoms with Crippen molar-refractivity contribution in [3.05, 3.63) is 0 Å². The number of quaternary nitrogens is 1. The van der Waals surface area contributed by atoms with Crippen LogP contribution in [0.25, 0.3) is 0 Å². The molecule has 4 heteroatoms. The molecule has 2 aliphatic rings. The van der Waals surface area contributed by atoms with Gasteiger partial charge < -0.3 is 14.3 Å². The second-order valence-corrected chi connectivity index (χ2v) is 5.78. The number of carbonyl (C=O) groups excluding carboxylic acids is 1. The summed E-state index contributed by atoms with van der Waals surface area (Å²) in [6.07, 6.45) is 5.84. The van der Waals surface area contributed by atoms with Crippen LogP contribution in [0, 0.1) is 5.92 Å². The van der Waals surface area contributed by atoms with Gasteiger partial charge in [-0.3, -0.25) is 0 Å². The third kappa shape index (κ3) is 2.69. The number of hydrogen-bond donors (Lipinski definition) is 1. The number of aliphatic hydroxyl groups excluding tert-OH is 1. The van der Waals surface area contributed by atoms with Gasteiger partial charge in [0.15, 0.2) is 6.54 Å². The first-order valence-corrected chi connectivity index (χ1v) is 7.34. The van der Waals surface area contributed by atoms with Crippen LogP contribution in [-0.4, -0.2) is 54.4 Å². The molecule has 0 spiro atoms. The lowest BCUT2D eigenvalue weighted by Gasteiger charge is -2.52. The molecular weight excluding hydrogens is 230 g/mol. The molecule has 18 heavy (non-hydrogen) atoms. The number of ether oxygens (including phenoxy) is 1. The van der Waals surface area contributed by atoms with E-state index >= 15 is 0 Å². The standard InChI is InChI=1S/C14H26NO3/c1-2-18-14(17)10-15-8-4-3-7-13(15)12(11-16)6-5-9-15/h12-13,16H,2-11H2,1H3/q+1/t12-,13+,15+/m0/s1. The van der Waals surface area contributed by atoms with Gasteiger partial charge in [0.05, 0.1) is 32.3 Å². The first kappa shape index (κ1) is 13.8. The summed E-state index contributed by atoms with van der Waals surface area (Å²) in [6.45, 7) is 5.27. The van der Waals surface area contributed by atoms with Gasteiger partial charge in [-0.2, -0.15) is 0 Å². The number of piperidine rings is 2. The van der Waals surface area contributed by atoms with Crippen LogP contribution in [0.1, 0.15) is 39.0 Å². The van der Waals surface area contributed by atoms with Crippen LogP contribution in [0.5, 0.6) is 0 Å². The van der Waals surface area contributed by atoms with Crippen molar-refractivity contribution in [2.45, 2.75) is 45.1 Å². The van der Waals surface area contributed by atoms with Crippen LogP contribution in [-0.2, 0) is 9.53 Å². The molecule has 1 N–H and O–H groups in total. The molecule has 2 heterocycles. The Morgan fingerprint density at radius 1 is 1.28 bits per heavy atom. The lowest BCUT2D eigenvalue weighted by molar-refractivity contribution is -0.958. The number of carbonyl (C=O) groups is 1. The van der Waals surface area contributed by atoms with E-state index in [1.54, 1.807) is 0 Å². The second-order valence-electron chi connectivity index (χ2n) is 5.78. The minimum absolute atomic E-state index is 0.0667. The molecule has 2 fully saturated rings. The average molecular weight is 256 g/mol. The zero-order valence-corrected chi connectivity index (χ0v) is 11.4. The number of esters is 1. The van der Waals surface area contributed by atoms with Crippen LogP contribution in [0.2, 0.25) is 0 Å². The highest BCUT2D eigenvalue weighted by Crippen LogP contribution is 2.37. The van der Waals surface area contributed by atoms with E-state index in [0.29, 0.717) is 25.1 Å². The van der Waals surface area contributed by atoms with Crippen molar-refractivity contribution >= 4 is 5.97 Å². The Balaban J connectivity index is 2.11. The van der Waals surface area contributed by atoms with Gasteiger partial charge in [0.25, 0.3) is 0 Å². The molecule has 0 amide bonds. The normalized spacial score (nSPS) is 35.9. The highest BCUT2D eigenvalue weighted by atomic mass is 16.5. The molecule has 0 saturated carbocycles. The largest absolute Gasteiger partial charge is 0.462 e. The highest BCUT2D eigenvalue weighted by molar-refractivity contribution is 5.70. The van der Waals surface area contributed by atoms with Crippen molar-refractivity contribution in [2.24, 2.45) is 5.92 Å². The van der Waals surface area contributed by atoms with E-state index in [2.05, 4.69) is 0 Å². The lowest BCUT2D eigenvalue weighted by Crippen LogP contribution is -2.65. The molecule has 0 aromatic carbocycles. The van der Waals surface area contributed by atoms with E-state index in [-0.39, 0.29) is 12.6 Å². The first-order chi connectivity index (χ1) is 8.72. The van der Waals surface area contributed by atoms with Crippen molar-refractivity contribution in [1.82, 2.24) is 0 Å². The molecule has 4 nitrogen and oxygen atoms in total. The molecule has 2 rings (SSSR count). The minimum Gasteiger partial charge on any atom is -0.462 e. The van der Waals surface area contributed by atoms with Gasteiger partial charge in [0, 0.05) is 12.3 Å². The molecule has 0 bridgehead atoms. The first-order valence-electron chi connectivity index (χ1n) is 7.34. The van der Waals surface area contributed by atoms with Gasteiger partial charge in [0.1, 0.15) is 0 Å². The second kappa shape index (κ2) is 6.02. The summed E-state index contributed by atoms with van der Waals surface area (Å²) in [5, 5.41) is 9.56. The Kier molecular flexibility index (Phi) is 4.62. The van der Waals surface area contributed by atoms with E-state index in [1.807, 2.05) is 6.92 Å². The van der Waals surface area contributed by atoms with Crippen molar-refractivity contribution < 1.29 is 19.1 Å². The van der Waals surface area contributed by atoms with Crippen LogP contribution >= 0.6 is 0 Å². The van der Waals surface area contributed by atoms with Gasteiger partial charge in [-0.25, -0.2) is 4.79 Å². The molecule has 0 aromatic rings. The fourth-order valence-electron chi connectivity index (χ4n) is 3.99. The Labute approximate surface area is 110 Å². The van der Waals surface area contributed by atoms with Crippen molar-refractivity contribution in [1.29, 1.82) is 0 Å². The zero-order chi connectivity index (χ0) is 13.0. The summed E-state index contributed by atoms with van der Waals surface area (Å²) in [5.74, 6) is 0.316. The molecule has 0 radical (unpaired) electrons. The number of rotatable bonds is 4. The number of fused-ring (bicyclic) bond motifs is 1. The molecule has 0 aliphatic carbocycles. The maximum atomic E-state index is 11.9. The summed E-state index contributed by atoms with van der Waals surface area (Å²) in [5.41, 5.74) is 0. The predicted molar refractivity (Wildman–Crippen MR) is 68.9 cm³/mol. The van der Waals surface area contributed by atoms with Gasteiger partial charge in [-0.1, -0.05) is 0 Å². The van der Waals surface area contributed by atoms with Gasteiger partial charge in [-0.15, -0.1) is 0 Å². The summed E-state index contributed by atoms with van der Waals surface area (Å²) in [4.78, 5) is 11.9. The topological polar surface area (TPSA) is 46.5 Å². The monoisotopic (exact) mass is 256 g/mol. The Morgan fingerprint density at radius 2 is 2.06 bits per heavy atom. The summed E-state index contributed by atoms with van der Waals surface area (Å²) in [6, 6.07) is 0.474. The molecular formula is C14H26NO3+. The van der Waals surface area contributed by atoms with E-state index < -0.39 is 0 Å². The van der Waals surface area contributed by atoms with Gasteiger partial charge in [0.2, 0.25) is 0 Å². The third-order valence-electron chi connectivity index (χ3n) is 4.76. The zero-order valence-electron chi connectivity index (χ0n) is 11.4. The molecule has 3 atom stereocenters. The average Bonchev–Trinajstić information content (AvgIpc) is 2.37. The van der Waals surface area contributed by atoms with Crippen molar-refractivity contribution in [3.63, 3.8) is 0 Å². The van der Waals surface area contributed by atoms with Crippen molar-refractivity contribution in [2.75, 3.05) is 32.8 Å². The number of hydrogen-bond acceptors (Lipinski definition) is 3. The third-order valence-corrected chi connectivity index (χ3v) is 4.76. The molecule has 0 unspecified atom stereocenters. The minimum atomic E-state index is -0.0667. The Morgan fingerprint density at radius 3 is 2.78 bits per heavy atom. The highest BCUT2D eigenvalue weighted by Gasteiger charge is 2.47. The lowest BCUT2D eigenvalue weighted by atomic mass is 9.81. The van der Waals surface area contributed by atoms with E-state index in [9.17, 15) is 9.90 Å². The number of aliphatic hydroxyl groups is 1. The summed E-state index contributed by atoms with van der Waals surface area (Å²) in [7, 11) is 0. The van der Waals surface area contributed by atoms with Crippen LogP contribution in [0.4, 0.5) is 0 Å². The maximum Gasteiger partial charge on any atom is 0.361 e. The van der Waals surface area contributed by atoms with E-state index in [0.717, 1.165) is 36.8 Å². The van der Waals surface area contributed by atoms with Crippen LogP contribution < -0.4 is 0 Å². The van der Waals surface area contributed by atoms with Crippen LogP contribution in [0.3, 0.4) is 0 Å². The fraction of sp³-hybridized carbons (Fsp3) is 0.929. The summed E-state index contributed by atoms with van der Waals surface area (Å²) < 4.78 is 6.02. The maximum absolute atomic E-state index is 11.9. The van der Waals surface area contributed by atoms with E-state index in [1.165, 1.54) is 12.8 Å². The summed E-state index contributed by atoms with van der Waals surface area (Å²) >= 11 is 0. The van der Waals surface area contributed by atoms with Gasteiger partial charge in [-0.05, 0) is 32.6 Å². The van der Waals surface area contributed by atoms with Gasteiger partial charge >= 0.3 is 5.97 Å². The predicted octanol–water partition coefficient (Wildman–Crippen LogP) is 1.32. The fourth-order valence-corrected chi connectivity index (χ4v) is 3.99. The smallest absolute Gasteiger partial charge is 0.361 e. The Bertz CT molecular complexity index is 291. The quantitative estimate of drug-likeness (QED) is 0.609. The SMILES string of the molecule is CCOC(=O)C[N@+]12CCCC[C@@H]1[C@H](CO)CCC2. The molecule has 0 aromatic heterocycles. The Hall–Kier alpha value is -0.610. The number of nitrogens with zero attached hydrogens (tertiary/aromatic N) is 1. The van der Waals surface area contributed by atoms with Crippen LogP contribution in [0.15, 0.2) is 0 Å². The van der Waals surface area contributed by atoms with E-state index in [4.69, 9.17) is 4.74 Å².